The van der Waals surface area contributed by atoms with Crippen LogP contribution in [0.1, 0.15) is 32.3 Å². The lowest BCUT2D eigenvalue weighted by Crippen LogP contribution is -3.13. The predicted molar refractivity (Wildman–Crippen MR) is 98.1 cm³/mol. The minimum Gasteiger partial charge on any atom is -0.493 e. The van der Waals surface area contributed by atoms with Gasteiger partial charge in [0.25, 0.3) is 0 Å². The molecule has 5 heteroatoms. The maximum Gasteiger partial charge on any atom is 0.309 e. The van der Waals surface area contributed by atoms with E-state index in [0.29, 0.717) is 13.2 Å². The van der Waals surface area contributed by atoms with E-state index in [1.165, 1.54) is 4.90 Å². The van der Waals surface area contributed by atoms with Crippen LogP contribution in [0.3, 0.4) is 0 Å². The third-order valence-corrected chi connectivity index (χ3v) is 4.57. The Hall–Kier alpha value is -2.01. The summed E-state index contributed by atoms with van der Waals surface area (Å²) in [7, 11) is 1.66. The first-order valence-corrected chi connectivity index (χ1v) is 9.11. The number of hydrogen-bond donors (Lipinski definition) is 1. The molecule has 1 saturated heterocycles. The van der Waals surface area contributed by atoms with Gasteiger partial charge in [-0.25, -0.2) is 0 Å². The quantitative estimate of drug-likeness (QED) is 0.730. The summed E-state index contributed by atoms with van der Waals surface area (Å²) < 4.78 is 16.5. The lowest BCUT2D eigenvalue weighted by atomic mass is 9.97. The molecule has 1 aromatic carbocycles. The Labute approximate surface area is 150 Å². The fourth-order valence-electron chi connectivity index (χ4n) is 3.18. The van der Waals surface area contributed by atoms with E-state index in [-0.39, 0.29) is 11.9 Å². The summed E-state index contributed by atoms with van der Waals surface area (Å²) in [6.45, 7) is 7.86. The summed E-state index contributed by atoms with van der Waals surface area (Å²) in [6, 6.07) is 5.96. The van der Waals surface area contributed by atoms with Crippen molar-refractivity contribution in [1.29, 1.82) is 0 Å². The monoisotopic (exact) mass is 348 g/mol. The summed E-state index contributed by atoms with van der Waals surface area (Å²) >= 11 is 0. The largest absolute Gasteiger partial charge is 0.493 e. The Bertz CT molecular complexity index is 577. The molecular weight excluding hydrogens is 318 g/mol. The van der Waals surface area contributed by atoms with E-state index in [0.717, 1.165) is 49.5 Å². The number of benzene rings is 1. The fraction of sp³-hybridized carbons (Fsp3) is 0.550. The Morgan fingerprint density at radius 1 is 1.28 bits per heavy atom. The van der Waals surface area contributed by atoms with E-state index in [1.54, 1.807) is 7.11 Å². The van der Waals surface area contributed by atoms with Crippen molar-refractivity contribution in [2.75, 3.05) is 40.0 Å². The van der Waals surface area contributed by atoms with E-state index in [2.05, 4.69) is 0 Å². The molecular formula is C20H30NO4+. The van der Waals surface area contributed by atoms with Crippen molar-refractivity contribution in [3.63, 3.8) is 0 Å². The number of likely N-dealkylation sites (tertiary alicyclic amines) is 1. The number of nitrogens with one attached hydrogen (secondary N) is 1. The highest BCUT2D eigenvalue weighted by atomic mass is 16.5. The van der Waals surface area contributed by atoms with Crippen molar-refractivity contribution >= 4 is 12.0 Å². The zero-order chi connectivity index (χ0) is 18.1. The molecule has 1 fully saturated rings. The second kappa shape index (κ2) is 10.1. The molecule has 0 saturated carbocycles. The van der Waals surface area contributed by atoms with Crippen LogP contribution in [-0.4, -0.2) is 45.9 Å². The molecule has 1 aliphatic rings. The average molecular weight is 348 g/mol. The van der Waals surface area contributed by atoms with Gasteiger partial charge in [0, 0.05) is 12.8 Å². The zero-order valence-corrected chi connectivity index (χ0v) is 15.5. The zero-order valence-electron chi connectivity index (χ0n) is 15.5. The number of hydrogen-bond acceptors (Lipinski definition) is 4. The first-order valence-electron chi connectivity index (χ1n) is 9.11. The van der Waals surface area contributed by atoms with Crippen molar-refractivity contribution in [2.24, 2.45) is 5.92 Å². The normalized spacial score (nSPS) is 20.4. The van der Waals surface area contributed by atoms with E-state index < -0.39 is 0 Å². The Balaban J connectivity index is 1.77. The molecule has 138 valence electrons. The van der Waals surface area contributed by atoms with Gasteiger partial charge in [-0.1, -0.05) is 18.2 Å². The molecule has 0 amide bonds. The summed E-state index contributed by atoms with van der Waals surface area (Å²) in [5.74, 6) is 1.57. The van der Waals surface area contributed by atoms with Crippen LogP contribution in [0.5, 0.6) is 11.5 Å². The van der Waals surface area contributed by atoms with Crippen LogP contribution in [0.25, 0.3) is 6.08 Å². The van der Waals surface area contributed by atoms with Crippen LogP contribution in [0.15, 0.2) is 24.3 Å². The van der Waals surface area contributed by atoms with Crippen molar-refractivity contribution in [3.8, 4) is 11.5 Å². The minimum absolute atomic E-state index is 0.0382. The predicted octanol–water partition coefficient (Wildman–Crippen LogP) is 1.97. The van der Waals surface area contributed by atoms with Crippen LogP contribution in [0, 0.1) is 5.92 Å². The Morgan fingerprint density at radius 2 is 2.04 bits per heavy atom. The first-order chi connectivity index (χ1) is 12.2. The average Bonchev–Trinajstić information content (AvgIpc) is 2.63. The molecule has 0 aromatic heterocycles. The Kier molecular flexibility index (Phi) is 7.79. The highest BCUT2D eigenvalue weighted by Crippen LogP contribution is 2.28. The van der Waals surface area contributed by atoms with E-state index >= 15 is 0 Å². The van der Waals surface area contributed by atoms with E-state index in [1.807, 2.05) is 44.2 Å². The number of quaternary nitrogens is 1. The maximum atomic E-state index is 11.8. The van der Waals surface area contributed by atoms with Gasteiger partial charge in [0.05, 0.1) is 32.7 Å². The van der Waals surface area contributed by atoms with Gasteiger partial charge in [-0.2, -0.15) is 0 Å². The van der Waals surface area contributed by atoms with Gasteiger partial charge in [0.2, 0.25) is 0 Å². The van der Waals surface area contributed by atoms with Crippen molar-refractivity contribution in [1.82, 2.24) is 0 Å². The standard InChI is InChI=1S/C20H29NO4/c1-4-6-16-7-8-18(19(15-16)23-3)25-14-13-21-11-9-17(10-12-21)20(22)24-5-2/h4,6-8,15,17H,5,9-14H2,1-3H3/p+1/b6-4+. The van der Waals surface area contributed by atoms with E-state index in [9.17, 15) is 4.79 Å². The molecule has 0 spiro atoms. The fourth-order valence-corrected chi connectivity index (χ4v) is 3.18. The molecule has 0 bridgehead atoms. The first kappa shape index (κ1) is 19.3. The number of rotatable bonds is 8. The number of methoxy groups -OCH3 is 1. The van der Waals surface area contributed by atoms with Gasteiger partial charge in [-0.05, 0) is 31.5 Å². The molecule has 2 rings (SSSR count). The summed E-state index contributed by atoms with van der Waals surface area (Å²) in [6.07, 6.45) is 5.83. The smallest absolute Gasteiger partial charge is 0.309 e. The number of allylic oxidation sites excluding steroid dienone is 1. The Morgan fingerprint density at radius 3 is 2.68 bits per heavy atom. The molecule has 0 radical (unpaired) electrons. The minimum atomic E-state index is -0.0382. The second-order valence-corrected chi connectivity index (χ2v) is 6.29. The molecule has 1 heterocycles. The number of piperidine rings is 1. The summed E-state index contributed by atoms with van der Waals surface area (Å²) in [5.41, 5.74) is 1.10. The maximum absolute atomic E-state index is 11.8. The van der Waals surface area contributed by atoms with Crippen molar-refractivity contribution in [3.05, 3.63) is 29.8 Å². The number of ether oxygens (including phenoxy) is 3. The molecule has 1 N–H and O–H groups in total. The summed E-state index contributed by atoms with van der Waals surface area (Å²) in [5, 5.41) is 0. The van der Waals surface area contributed by atoms with Crippen molar-refractivity contribution < 1.29 is 23.9 Å². The van der Waals surface area contributed by atoms with Gasteiger partial charge >= 0.3 is 5.97 Å². The number of carbonyl (C=O) groups is 1. The highest BCUT2D eigenvalue weighted by molar-refractivity contribution is 5.72. The lowest BCUT2D eigenvalue weighted by Gasteiger charge is -2.28. The van der Waals surface area contributed by atoms with Gasteiger partial charge in [0.1, 0.15) is 13.2 Å². The third kappa shape index (κ3) is 5.78. The van der Waals surface area contributed by atoms with Gasteiger partial charge in [-0.15, -0.1) is 0 Å². The number of carbonyl (C=O) groups excluding carboxylic acids is 1. The molecule has 5 nitrogen and oxygen atoms in total. The molecule has 1 aromatic rings. The topological polar surface area (TPSA) is 49.2 Å². The highest BCUT2D eigenvalue weighted by Gasteiger charge is 2.28. The van der Waals surface area contributed by atoms with Crippen LogP contribution in [0.2, 0.25) is 0 Å². The second-order valence-electron chi connectivity index (χ2n) is 6.29. The van der Waals surface area contributed by atoms with Crippen LogP contribution < -0.4 is 14.4 Å². The molecule has 25 heavy (non-hydrogen) atoms. The van der Waals surface area contributed by atoms with Crippen LogP contribution in [0.4, 0.5) is 0 Å². The van der Waals surface area contributed by atoms with Crippen LogP contribution >= 0.6 is 0 Å². The number of esters is 1. The third-order valence-electron chi connectivity index (χ3n) is 4.57. The van der Waals surface area contributed by atoms with Crippen LogP contribution in [-0.2, 0) is 9.53 Å². The van der Waals surface area contributed by atoms with Gasteiger partial charge in [0.15, 0.2) is 11.5 Å². The summed E-state index contributed by atoms with van der Waals surface area (Å²) in [4.78, 5) is 13.3. The van der Waals surface area contributed by atoms with Crippen molar-refractivity contribution in [2.45, 2.75) is 26.7 Å². The molecule has 0 aliphatic carbocycles. The molecule has 1 aliphatic heterocycles. The SMILES string of the molecule is C/C=C/c1ccc(OCC[NH+]2CCC(C(=O)OCC)CC2)c(OC)c1. The van der Waals surface area contributed by atoms with Gasteiger partial charge < -0.3 is 19.1 Å². The lowest BCUT2D eigenvalue weighted by molar-refractivity contribution is -0.905. The molecule has 0 atom stereocenters. The molecule has 0 unspecified atom stereocenters. The van der Waals surface area contributed by atoms with Gasteiger partial charge in [-0.3, -0.25) is 4.79 Å². The van der Waals surface area contributed by atoms with E-state index in [4.69, 9.17) is 14.2 Å².